The molecule has 3 aromatic rings. The van der Waals surface area contributed by atoms with E-state index in [-0.39, 0.29) is 18.0 Å². The smallest absolute Gasteiger partial charge is 0.255 e. The number of amides is 1. The quantitative estimate of drug-likeness (QED) is 0.532. The lowest BCUT2D eigenvalue weighted by Gasteiger charge is -2.27. The summed E-state index contributed by atoms with van der Waals surface area (Å²) in [5.74, 6) is -0.110. The molecule has 8 heteroatoms. The monoisotopic (exact) mass is 462 g/mol. The summed E-state index contributed by atoms with van der Waals surface area (Å²) in [6.07, 6.45) is 7.78. The molecule has 2 aromatic heterocycles. The molecular weight excluding hydrogens is 428 g/mol. The van der Waals surface area contributed by atoms with Crippen molar-refractivity contribution < 1.29 is 9.53 Å². The number of nitrogens with one attached hydrogen (secondary N) is 2. The van der Waals surface area contributed by atoms with E-state index in [9.17, 15) is 4.79 Å². The summed E-state index contributed by atoms with van der Waals surface area (Å²) < 4.78 is 7.40. The molecule has 8 nitrogen and oxygen atoms in total. The molecule has 2 fully saturated rings. The second-order valence-electron chi connectivity index (χ2n) is 9.22. The molecule has 1 amide bonds. The highest BCUT2D eigenvalue weighted by Gasteiger charge is 2.25. The summed E-state index contributed by atoms with van der Waals surface area (Å²) in [6, 6.07) is 10.4. The Bertz CT molecular complexity index is 1100. The van der Waals surface area contributed by atoms with Gasteiger partial charge in [0.1, 0.15) is 0 Å². The molecule has 0 radical (unpaired) electrons. The molecule has 2 saturated heterocycles. The highest BCUT2D eigenvalue weighted by Crippen LogP contribution is 2.29. The first kappa shape index (κ1) is 22.8. The van der Waals surface area contributed by atoms with Crippen molar-refractivity contribution in [1.29, 1.82) is 0 Å². The highest BCUT2D eigenvalue weighted by molar-refractivity contribution is 6.06. The highest BCUT2D eigenvalue weighted by atomic mass is 16.5. The third-order valence-electron chi connectivity index (χ3n) is 6.93. The topological polar surface area (TPSA) is 84.3 Å². The van der Waals surface area contributed by atoms with Gasteiger partial charge in [-0.25, -0.2) is 9.67 Å². The van der Waals surface area contributed by atoms with Gasteiger partial charge in [-0.3, -0.25) is 4.79 Å². The first-order valence-corrected chi connectivity index (χ1v) is 12.5. The molecule has 0 aliphatic carbocycles. The fourth-order valence-electron chi connectivity index (χ4n) is 5.01. The maximum Gasteiger partial charge on any atom is 0.255 e. The van der Waals surface area contributed by atoms with Gasteiger partial charge in [0.2, 0.25) is 0 Å². The Balaban J connectivity index is 1.46. The Morgan fingerprint density at radius 1 is 1.15 bits per heavy atom. The fraction of sp³-hybridized carbons (Fsp3) is 0.500. The van der Waals surface area contributed by atoms with E-state index in [0.29, 0.717) is 5.56 Å². The van der Waals surface area contributed by atoms with Crippen LogP contribution in [0.5, 0.6) is 0 Å². The predicted octanol–water partition coefficient (Wildman–Crippen LogP) is 3.61. The second kappa shape index (κ2) is 10.5. The van der Waals surface area contributed by atoms with Crippen molar-refractivity contribution in [3.05, 3.63) is 53.9 Å². The summed E-state index contributed by atoms with van der Waals surface area (Å²) in [5.41, 5.74) is 3.30. The minimum absolute atomic E-state index is 0.0863. The molecule has 0 spiro atoms. The number of carbonyl (C=O) groups is 1. The van der Waals surface area contributed by atoms with Crippen LogP contribution in [0, 0.1) is 0 Å². The van der Waals surface area contributed by atoms with E-state index >= 15 is 0 Å². The van der Waals surface area contributed by atoms with Crippen LogP contribution in [0.15, 0.2) is 42.7 Å². The number of carbonyl (C=O) groups excluding carboxylic acids is 1. The van der Waals surface area contributed by atoms with Gasteiger partial charge >= 0.3 is 0 Å². The van der Waals surface area contributed by atoms with Crippen molar-refractivity contribution in [3.63, 3.8) is 0 Å². The van der Waals surface area contributed by atoms with Crippen molar-refractivity contribution in [2.45, 2.75) is 51.2 Å². The largest absolute Gasteiger partial charge is 0.381 e. The van der Waals surface area contributed by atoms with Crippen molar-refractivity contribution in [2.75, 3.05) is 38.2 Å². The second-order valence-corrected chi connectivity index (χ2v) is 9.22. The Morgan fingerprint density at radius 2 is 1.91 bits per heavy atom. The summed E-state index contributed by atoms with van der Waals surface area (Å²) in [6.45, 7) is 7.20. The molecule has 34 heavy (non-hydrogen) atoms. The summed E-state index contributed by atoms with van der Waals surface area (Å²) >= 11 is 0. The summed E-state index contributed by atoms with van der Waals surface area (Å²) in [7, 11) is 0. The van der Waals surface area contributed by atoms with Crippen LogP contribution < -0.4 is 10.6 Å². The van der Waals surface area contributed by atoms with Gasteiger partial charge in [-0.2, -0.15) is 5.10 Å². The van der Waals surface area contributed by atoms with Gasteiger partial charge in [-0.05, 0) is 51.3 Å². The number of ether oxygens (including phenoxy) is 1. The van der Waals surface area contributed by atoms with Crippen LogP contribution in [-0.4, -0.2) is 64.5 Å². The molecule has 1 atom stereocenters. The predicted molar refractivity (Wildman–Crippen MR) is 133 cm³/mol. The normalized spacial score (nSPS) is 18.3. The SMILES string of the molecule is CCn1ncc2c(NC3CCOCC3)c(C(=O)NC(CN3CCCC3)c3ccccc3)cnc21. The van der Waals surface area contributed by atoms with Crippen molar-refractivity contribution in [2.24, 2.45) is 0 Å². The molecule has 2 aliphatic heterocycles. The Kier molecular flexibility index (Phi) is 7.06. The lowest BCUT2D eigenvalue weighted by Crippen LogP contribution is -2.37. The molecule has 1 aromatic carbocycles. The van der Waals surface area contributed by atoms with Crippen LogP contribution >= 0.6 is 0 Å². The van der Waals surface area contributed by atoms with E-state index in [1.165, 1.54) is 12.8 Å². The number of rotatable bonds is 8. The Hall–Kier alpha value is -2.97. The van der Waals surface area contributed by atoms with Crippen LogP contribution in [0.1, 0.15) is 54.6 Å². The van der Waals surface area contributed by atoms with Gasteiger partial charge < -0.3 is 20.3 Å². The van der Waals surface area contributed by atoms with Gasteiger partial charge in [0, 0.05) is 38.5 Å². The molecule has 0 bridgehead atoms. The van der Waals surface area contributed by atoms with E-state index in [1.807, 2.05) is 36.0 Å². The molecule has 4 heterocycles. The van der Waals surface area contributed by atoms with Gasteiger partial charge in [0.05, 0.1) is 28.9 Å². The van der Waals surface area contributed by atoms with Crippen LogP contribution in [0.25, 0.3) is 11.0 Å². The molecule has 2 aliphatic rings. The van der Waals surface area contributed by atoms with Gasteiger partial charge in [-0.15, -0.1) is 0 Å². The lowest BCUT2D eigenvalue weighted by atomic mass is 10.0. The molecule has 0 saturated carbocycles. The Labute approximate surface area is 200 Å². The molecule has 1 unspecified atom stereocenters. The zero-order chi connectivity index (χ0) is 23.3. The number of nitrogens with zero attached hydrogens (tertiary/aromatic N) is 4. The molecule has 180 valence electrons. The average molecular weight is 463 g/mol. The molecule has 5 rings (SSSR count). The summed E-state index contributed by atoms with van der Waals surface area (Å²) in [5, 5.41) is 12.4. The number of fused-ring (bicyclic) bond motifs is 1. The lowest BCUT2D eigenvalue weighted by molar-refractivity contribution is 0.0903. The zero-order valence-corrected chi connectivity index (χ0v) is 19.9. The van der Waals surface area contributed by atoms with Crippen LogP contribution in [0.2, 0.25) is 0 Å². The molecular formula is C26H34N6O2. The number of aryl methyl sites for hydroxylation is 1. The average Bonchev–Trinajstić information content (AvgIpc) is 3.55. The van der Waals surface area contributed by atoms with Crippen LogP contribution in [0.3, 0.4) is 0 Å². The summed E-state index contributed by atoms with van der Waals surface area (Å²) in [4.78, 5) is 20.8. The van der Waals surface area contributed by atoms with E-state index in [4.69, 9.17) is 4.74 Å². The van der Waals surface area contributed by atoms with Gasteiger partial charge in [-0.1, -0.05) is 30.3 Å². The number of benzene rings is 1. The fourth-order valence-corrected chi connectivity index (χ4v) is 5.01. The minimum atomic E-state index is -0.110. The number of likely N-dealkylation sites (tertiary alicyclic amines) is 1. The van der Waals surface area contributed by atoms with E-state index < -0.39 is 0 Å². The zero-order valence-electron chi connectivity index (χ0n) is 19.9. The number of hydrogen-bond acceptors (Lipinski definition) is 6. The maximum atomic E-state index is 13.7. The van der Waals surface area contributed by atoms with Gasteiger partial charge in [0.25, 0.3) is 5.91 Å². The van der Waals surface area contributed by atoms with E-state index in [0.717, 1.165) is 74.5 Å². The van der Waals surface area contributed by atoms with Crippen LogP contribution in [-0.2, 0) is 11.3 Å². The van der Waals surface area contributed by atoms with Crippen molar-refractivity contribution in [1.82, 2.24) is 25.0 Å². The number of pyridine rings is 1. The van der Waals surface area contributed by atoms with E-state index in [2.05, 4.69) is 37.7 Å². The third kappa shape index (κ3) is 4.93. The molecule has 2 N–H and O–H groups in total. The van der Waals surface area contributed by atoms with Crippen LogP contribution in [0.4, 0.5) is 5.69 Å². The van der Waals surface area contributed by atoms with Crippen molar-refractivity contribution >= 4 is 22.6 Å². The number of hydrogen-bond donors (Lipinski definition) is 2. The number of anilines is 1. The van der Waals surface area contributed by atoms with Crippen molar-refractivity contribution in [3.8, 4) is 0 Å². The maximum absolute atomic E-state index is 13.7. The minimum Gasteiger partial charge on any atom is -0.381 e. The van der Waals surface area contributed by atoms with Gasteiger partial charge in [0.15, 0.2) is 5.65 Å². The standard InChI is InChI=1S/C26H34N6O2/c1-2-32-25-21(17-28-32)24(29-20-10-14-34-15-11-20)22(16-27-25)26(33)30-23(18-31-12-6-7-13-31)19-8-4-3-5-9-19/h3-5,8-9,16-17,20,23H,2,6-7,10-15,18H2,1H3,(H,27,29)(H,30,33). The number of aromatic nitrogens is 3. The first-order chi connectivity index (χ1) is 16.7. The Morgan fingerprint density at radius 3 is 2.65 bits per heavy atom. The third-order valence-corrected chi connectivity index (χ3v) is 6.93. The van der Waals surface area contributed by atoms with E-state index in [1.54, 1.807) is 6.20 Å². The first-order valence-electron chi connectivity index (χ1n) is 12.5.